The number of rotatable bonds is 6. The van der Waals surface area contributed by atoms with Crippen molar-refractivity contribution < 1.29 is 19.1 Å². The normalized spacial score (nSPS) is 28.1. The van der Waals surface area contributed by atoms with Crippen molar-refractivity contribution in [2.45, 2.75) is 36.6 Å². The number of amides is 4. The molecule has 1 aliphatic carbocycles. The van der Waals surface area contributed by atoms with Crippen molar-refractivity contribution in [2.24, 2.45) is 5.73 Å². The second kappa shape index (κ2) is 7.06. The molecular weight excluding hydrogens is 384 g/mol. The van der Waals surface area contributed by atoms with Crippen molar-refractivity contribution in [1.29, 1.82) is 0 Å². The number of carbonyl (C=O) groups excluding carboxylic acids is 3. The molecule has 3 heterocycles. The van der Waals surface area contributed by atoms with E-state index in [4.69, 9.17) is 10.5 Å². The van der Waals surface area contributed by atoms with E-state index in [9.17, 15) is 14.4 Å². The summed E-state index contributed by atoms with van der Waals surface area (Å²) in [6.07, 6.45) is 5.46. The summed E-state index contributed by atoms with van der Waals surface area (Å²) in [6.45, 7) is 4.97. The number of primary amides is 1. The average Bonchev–Trinajstić information content (AvgIpc) is 3.35. The SMILES string of the molecule is NC(=O)[C@]12[CH]CCN1C(=O)N(c1ccc(C3(CCN4CCOCC4)CC3)cc1)C2=O. The maximum absolute atomic E-state index is 13.0. The van der Waals surface area contributed by atoms with E-state index >= 15 is 0 Å². The fraction of sp³-hybridized carbons (Fsp3) is 0.545. The van der Waals surface area contributed by atoms with Gasteiger partial charge in [-0.3, -0.25) is 14.5 Å². The van der Waals surface area contributed by atoms with E-state index in [1.165, 1.54) is 10.5 Å². The van der Waals surface area contributed by atoms with Gasteiger partial charge in [-0.1, -0.05) is 12.1 Å². The monoisotopic (exact) mass is 411 g/mol. The number of urea groups is 1. The van der Waals surface area contributed by atoms with Gasteiger partial charge in [-0.2, -0.15) is 0 Å². The Morgan fingerprint density at radius 2 is 1.77 bits per heavy atom. The summed E-state index contributed by atoms with van der Waals surface area (Å²) in [7, 11) is 0. The zero-order chi connectivity index (χ0) is 20.9. The Morgan fingerprint density at radius 3 is 2.37 bits per heavy atom. The third-order valence-electron chi connectivity index (χ3n) is 7.15. The van der Waals surface area contributed by atoms with E-state index < -0.39 is 23.4 Å². The van der Waals surface area contributed by atoms with Crippen LogP contribution < -0.4 is 10.6 Å². The Labute approximate surface area is 175 Å². The molecule has 1 radical (unpaired) electrons. The highest BCUT2D eigenvalue weighted by Crippen LogP contribution is 2.51. The molecule has 0 bridgehead atoms. The number of fused-ring (bicyclic) bond motifs is 1. The van der Waals surface area contributed by atoms with Crippen molar-refractivity contribution in [2.75, 3.05) is 44.3 Å². The van der Waals surface area contributed by atoms with Crippen LogP contribution in [0, 0.1) is 6.42 Å². The lowest BCUT2D eigenvalue weighted by atomic mass is 9.91. The lowest BCUT2D eigenvalue weighted by molar-refractivity contribution is -0.134. The van der Waals surface area contributed by atoms with Gasteiger partial charge in [-0.25, -0.2) is 9.69 Å². The first-order valence-electron chi connectivity index (χ1n) is 10.7. The highest BCUT2D eigenvalue weighted by Gasteiger charge is 2.64. The fourth-order valence-electron chi connectivity index (χ4n) is 5.08. The van der Waals surface area contributed by atoms with Gasteiger partial charge in [0.15, 0.2) is 0 Å². The van der Waals surface area contributed by atoms with E-state index in [0.29, 0.717) is 18.7 Å². The predicted octanol–water partition coefficient (Wildman–Crippen LogP) is 1.04. The predicted molar refractivity (Wildman–Crippen MR) is 110 cm³/mol. The second-order valence-corrected chi connectivity index (χ2v) is 8.73. The van der Waals surface area contributed by atoms with Crippen LogP contribution in [0.5, 0.6) is 0 Å². The molecule has 1 aromatic rings. The maximum Gasteiger partial charge on any atom is 0.332 e. The van der Waals surface area contributed by atoms with Gasteiger partial charge in [0, 0.05) is 26.1 Å². The van der Waals surface area contributed by atoms with Gasteiger partial charge in [0.2, 0.25) is 5.54 Å². The summed E-state index contributed by atoms with van der Waals surface area (Å²) in [5, 5.41) is 0. The quantitative estimate of drug-likeness (QED) is 0.557. The Bertz CT molecular complexity index is 876. The van der Waals surface area contributed by atoms with E-state index in [0.717, 1.165) is 57.0 Å². The fourth-order valence-corrected chi connectivity index (χ4v) is 5.08. The third kappa shape index (κ3) is 2.85. The average molecular weight is 411 g/mol. The zero-order valence-electron chi connectivity index (χ0n) is 17.0. The first-order valence-corrected chi connectivity index (χ1v) is 10.7. The molecule has 3 aliphatic heterocycles. The zero-order valence-corrected chi connectivity index (χ0v) is 17.0. The highest BCUT2D eigenvalue weighted by atomic mass is 16.5. The van der Waals surface area contributed by atoms with Crippen molar-refractivity contribution in [1.82, 2.24) is 9.80 Å². The van der Waals surface area contributed by atoms with Crippen LogP contribution in [0.15, 0.2) is 24.3 Å². The Morgan fingerprint density at radius 1 is 1.07 bits per heavy atom. The van der Waals surface area contributed by atoms with Crippen LogP contribution >= 0.6 is 0 Å². The topological polar surface area (TPSA) is 96.2 Å². The standard InChI is InChI=1S/C22H27N4O4/c23-18(27)22-6-1-10-25(22)20(29)26(19(22)28)17-4-2-16(3-5-17)21(7-8-21)9-11-24-12-14-30-15-13-24/h2-6H,1,7-15H2,(H2,23,27)/t22-/m0/s1. The molecule has 4 fully saturated rings. The molecule has 1 aromatic carbocycles. The molecule has 5 rings (SSSR count). The van der Waals surface area contributed by atoms with Crippen LogP contribution in [0.4, 0.5) is 10.5 Å². The van der Waals surface area contributed by atoms with Gasteiger partial charge in [0.1, 0.15) is 0 Å². The molecule has 159 valence electrons. The number of benzene rings is 1. The largest absolute Gasteiger partial charge is 0.379 e. The lowest BCUT2D eigenvalue weighted by Crippen LogP contribution is -2.55. The summed E-state index contributed by atoms with van der Waals surface area (Å²) in [4.78, 5) is 42.8. The minimum absolute atomic E-state index is 0.193. The molecule has 1 atom stereocenters. The number of imide groups is 1. The van der Waals surface area contributed by atoms with Crippen LogP contribution in [-0.2, 0) is 19.7 Å². The third-order valence-corrected chi connectivity index (χ3v) is 7.15. The molecule has 1 saturated carbocycles. The van der Waals surface area contributed by atoms with Gasteiger partial charge in [0.05, 0.1) is 18.9 Å². The second-order valence-electron chi connectivity index (χ2n) is 8.73. The van der Waals surface area contributed by atoms with Crippen molar-refractivity contribution in [3.05, 3.63) is 36.2 Å². The van der Waals surface area contributed by atoms with Crippen LogP contribution in [0.25, 0.3) is 0 Å². The summed E-state index contributed by atoms with van der Waals surface area (Å²) < 4.78 is 5.42. The molecule has 0 unspecified atom stereocenters. The van der Waals surface area contributed by atoms with Crippen LogP contribution in [-0.4, -0.2) is 72.6 Å². The van der Waals surface area contributed by atoms with Gasteiger partial charge < -0.3 is 15.4 Å². The number of ether oxygens (including phenoxy) is 1. The van der Waals surface area contributed by atoms with Crippen LogP contribution in [0.1, 0.15) is 31.2 Å². The summed E-state index contributed by atoms with van der Waals surface area (Å²) in [5.41, 5.74) is 5.82. The molecule has 4 amide bonds. The maximum atomic E-state index is 13.0. The highest BCUT2D eigenvalue weighted by molar-refractivity contribution is 6.32. The molecule has 3 saturated heterocycles. The van der Waals surface area contributed by atoms with E-state index in [-0.39, 0.29) is 5.41 Å². The molecule has 4 aliphatic rings. The van der Waals surface area contributed by atoms with Gasteiger partial charge >= 0.3 is 6.03 Å². The van der Waals surface area contributed by atoms with Gasteiger partial charge in [0.25, 0.3) is 11.8 Å². The summed E-state index contributed by atoms with van der Waals surface area (Å²) >= 11 is 0. The minimum Gasteiger partial charge on any atom is -0.379 e. The Hall–Kier alpha value is -2.45. The van der Waals surface area contributed by atoms with E-state index in [2.05, 4.69) is 4.90 Å². The molecular formula is C22H27N4O4. The van der Waals surface area contributed by atoms with Crippen molar-refractivity contribution in [3.8, 4) is 0 Å². The lowest BCUT2D eigenvalue weighted by Gasteiger charge is -2.28. The molecule has 2 N–H and O–H groups in total. The van der Waals surface area contributed by atoms with Crippen LogP contribution in [0.2, 0.25) is 0 Å². The van der Waals surface area contributed by atoms with Gasteiger partial charge in [-0.05, 0) is 55.3 Å². The Kier molecular flexibility index (Phi) is 4.59. The number of carbonyl (C=O) groups is 3. The minimum atomic E-state index is -1.63. The molecule has 8 nitrogen and oxygen atoms in total. The van der Waals surface area contributed by atoms with E-state index in [1.54, 1.807) is 6.42 Å². The number of nitrogens with two attached hydrogens (primary N) is 1. The smallest absolute Gasteiger partial charge is 0.332 e. The molecule has 0 spiro atoms. The first-order chi connectivity index (χ1) is 14.5. The number of morpholine rings is 1. The number of nitrogens with zero attached hydrogens (tertiary/aromatic N) is 3. The first kappa shape index (κ1) is 19.5. The van der Waals surface area contributed by atoms with Crippen LogP contribution in [0.3, 0.4) is 0 Å². The van der Waals surface area contributed by atoms with Gasteiger partial charge in [-0.15, -0.1) is 0 Å². The molecule has 0 aromatic heterocycles. The summed E-state index contributed by atoms with van der Waals surface area (Å²) in [5.74, 6) is -1.36. The molecule has 8 heteroatoms. The Balaban J connectivity index is 1.32. The number of anilines is 1. The van der Waals surface area contributed by atoms with Crippen molar-refractivity contribution in [3.63, 3.8) is 0 Å². The number of hydrogen-bond donors (Lipinski definition) is 1. The summed E-state index contributed by atoms with van der Waals surface area (Å²) in [6, 6.07) is 7.19. The van der Waals surface area contributed by atoms with E-state index in [1.807, 2.05) is 24.3 Å². The van der Waals surface area contributed by atoms with Crippen molar-refractivity contribution >= 4 is 23.5 Å². The molecule has 30 heavy (non-hydrogen) atoms. The number of hydrogen-bond acceptors (Lipinski definition) is 5.